The third kappa shape index (κ3) is 4.58. The van der Waals surface area contributed by atoms with Gasteiger partial charge in [0, 0.05) is 30.4 Å². The van der Waals surface area contributed by atoms with Crippen molar-refractivity contribution in [2.24, 2.45) is 0 Å². The van der Waals surface area contributed by atoms with Crippen LogP contribution < -0.4 is 15.5 Å². The van der Waals surface area contributed by atoms with Crippen LogP contribution in [0, 0.1) is 0 Å². The normalized spacial score (nSPS) is 21.9. The average molecular weight is 450 g/mol. The van der Waals surface area contributed by atoms with Crippen LogP contribution in [0.2, 0.25) is 0 Å². The number of rotatable bonds is 6. The molecule has 2 aliphatic heterocycles. The second-order valence-electron chi connectivity index (χ2n) is 7.92. The van der Waals surface area contributed by atoms with Crippen molar-refractivity contribution in [2.75, 3.05) is 55.1 Å². The first kappa shape index (κ1) is 22.5. The van der Waals surface area contributed by atoms with Crippen LogP contribution in [0.15, 0.2) is 12.3 Å². The van der Waals surface area contributed by atoms with Crippen LogP contribution in [0.5, 0.6) is 0 Å². The number of alkyl halides is 2. The lowest BCUT2D eigenvalue weighted by Gasteiger charge is -2.37. The van der Waals surface area contributed by atoms with Gasteiger partial charge in [-0.2, -0.15) is 15.0 Å². The Kier molecular flexibility index (Phi) is 6.95. The summed E-state index contributed by atoms with van der Waals surface area (Å²) in [6, 6.07) is 1.37. The lowest BCUT2D eigenvalue weighted by Crippen LogP contribution is -2.48. The minimum absolute atomic E-state index is 0.0250. The van der Waals surface area contributed by atoms with Crippen molar-refractivity contribution >= 4 is 17.7 Å². The molecule has 2 N–H and O–H groups in total. The molecule has 4 heterocycles. The lowest BCUT2D eigenvalue weighted by atomic mass is 10.1. The Hall–Kier alpha value is -2.66. The Morgan fingerprint density at radius 3 is 2.06 bits per heavy atom. The van der Waals surface area contributed by atoms with E-state index < -0.39 is 6.43 Å². The summed E-state index contributed by atoms with van der Waals surface area (Å²) in [6.45, 7) is 7.60. The second-order valence-corrected chi connectivity index (χ2v) is 7.92. The van der Waals surface area contributed by atoms with Gasteiger partial charge in [0.05, 0.1) is 38.5 Å². The van der Waals surface area contributed by atoms with Crippen molar-refractivity contribution in [3.63, 3.8) is 0 Å². The molecular formula is C21H29F2N7O2. The van der Waals surface area contributed by atoms with E-state index in [-0.39, 0.29) is 34.9 Å². The topological polar surface area (TPSA) is 103 Å². The summed E-state index contributed by atoms with van der Waals surface area (Å²) >= 11 is 0. The largest absolute Gasteiger partial charge is 0.384 e. The first-order chi connectivity index (χ1) is 15.5. The van der Waals surface area contributed by atoms with E-state index in [2.05, 4.69) is 38.6 Å². The molecule has 2 atom stereocenters. The molecule has 2 aliphatic rings. The number of halogens is 2. The summed E-state index contributed by atoms with van der Waals surface area (Å²) in [6.07, 6.45) is 0.263. The molecule has 9 nitrogen and oxygen atoms in total. The summed E-state index contributed by atoms with van der Waals surface area (Å²) in [4.78, 5) is 22.2. The van der Waals surface area contributed by atoms with Gasteiger partial charge in [-0.3, -0.25) is 0 Å². The highest BCUT2D eigenvalue weighted by molar-refractivity contribution is 5.64. The van der Waals surface area contributed by atoms with Gasteiger partial charge >= 0.3 is 0 Å². The number of nitrogen functional groups attached to an aromatic ring is 1. The maximum absolute atomic E-state index is 13.8. The Morgan fingerprint density at radius 1 is 1.00 bits per heavy atom. The smallest absolute Gasteiger partial charge is 0.264 e. The zero-order valence-electron chi connectivity index (χ0n) is 18.4. The maximum Gasteiger partial charge on any atom is 0.264 e. The summed E-state index contributed by atoms with van der Waals surface area (Å²) < 4.78 is 38.9. The fraction of sp³-hybridized carbons (Fsp3) is 0.619. The molecule has 2 fully saturated rings. The quantitative estimate of drug-likeness (QED) is 0.713. The fourth-order valence-corrected chi connectivity index (χ4v) is 4.10. The molecule has 11 heteroatoms. The molecule has 2 saturated heterocycles. The molecule has 2 aromatic rings. The molecule has 0 saturated carbocycles. The first-order valence-corrected chi connectivity index (χ1v) is 11.0. The molecule has 0 spiro atoms. The van der Waals surface area contributed by atoms with Crippen molar-refractivity contribution in [1.82, 2.24) is 19.9 Å². The lowest BCUT2D eigenvalue weighted by molar-refractivity contribution is 0.0909. The van der Waals surface area contributed by atoms with Crippen LogP contribution >= 0.6 is 0 Å². The third-order valence-corrected chi connectivity index (χ3v) is 5.96. The number of pyridine rings is 1. The average Bonchev–Trinajstić information content (AvgIpc) is 2.83. The standard InChI is InChI=1S/C21H29F2N7O2/c1-3-13-11-31-7-5-29(13)20-26-19(16-10-25-17(24)9-15(16)18(22)23)27-21(28-20)30-6-8-32-12-14(30)4-2/h9-10,13-14,18H,3-8,11-12H2,1-2H3,(H2,24,25)/t13-,14-/m1/s1. The van der Waals surface area contributed by atoms with E-state index in [0.717, 1.165) is 12.8 Å². The Bertz CT molecular complexity index is 891. The molecule has 2 aromatic heterocycles. The number of ether oxygens (including phenoxy) is 2. The van der Waals surface area contributed by atoms with Crippen molar-refractivity contribution in [2.45, 2.75) is 45.2 Å². The van der Waals surface area contributed by atoms with E-state index in [9.17, 15) is 8.78 Å². The van der Waals surface area contributed by atoms with E-state index in [1.807, 2.05) is 0 Å². The van der Waals surface area contributed by atoms with Gasteiger partial charge in [-0.15, -0.1) is 0 Å². The number of nitrogens with zero attached hydrogens (tertiary/aromatic N) is 6. The van der Waals surface area contributed by atoms with Gasteiger partial charge in [-0.25, -0.2) is 13.8 Å². The molecule has 32 heavy (non-hydrogen) atoms. The van der Waals surface area contributed by atoms with Crippen molar-refractivity contribution in [1.29, 1.82) is 0 Å². The van der Waals surface area contributed by atoms with Crippen LogP contribution in [-0.4, -0.2) is 71.5 Å². The van der Waals surface area contributed by atoms with Crippen LogP contribution in [0.25, 0.3) is 11.4 Å². The molecular weight excluding hydrogens is 420 g/mol. The van der Waals surface area contributed by atoms with E-state index in [4.69, 9.17) is 20.2 Å². The second kappa shape index (κ2) is 9.86. The molecule has 0 aliphatic carbocycles. The van der Waals surface area contributed by atoms with Gasteiger partial charge in [0.2, 0.25) is 11.9 Å². The highest BCUT2D eigenvalue weighted by atomic mass is 19.3. The van der Waals surface area contributed by atoms with Gasteiger partial charge < -0.3 is 25.0 Å². The molecule has 0 amide bonds. The summed E-state index contributed by atoms with van der Waals surface area (Å²) in [5.74, 6) is 1.10. The molecule has 0 radical (unpaired) electrons. The number of morpholine rings is 2. The van der Waals surface area contributed by atoms with Gasteiger partial charge in [0.1, 0.15) is 5.82 Å². The van der Waals surface area contributed by atoms with Gasteiger partial charge in [0.15, 0.2) is 5.82 Å². The van der Waals surface area contributed by atoms with Gasteiger partial charge in [-0.05, 0) is 18.9 Å². The fourth-order valence-electron chi connectivity index (χ4n) is 4.10. The predicted octanol–water partition coefficient (Wildman–Crippen LogP) is 2.68. The van der Waals surface area contributed by atoms with Crippen LogP contribution in [-0.2, 0) is 9.47 Å². The molecule has 174 valence electrons. The zero-order chi connectivity index (χ0) is 22.7. The van der Waals surface area contributed by atoms with Crippen LogP contribution in [0.4, 0.5) is 26.5 Å². The highest BCUT2D eigenvalue weighted by Gasteiger charge is 2.30. The Labute approximate surface area is 186 Å². The van der Waals surface area contributed by atoms with Crippen molar-refractivity contribution in [3.05, 3.63) is 17.8 Å². The number of hydrogen-bond acceptors (Lipinski definition) is 9. The number of nitrogens with two attached hydrogens (primary N) is 1. The molecule has 4 rings (SSSR count). The van der Waals surface area contributed by atoms with Crippen molar-refractivity contribution in [3.8, 4) is 11.4 Å². The molecule has 0 unspecified atom stereocenters. The van der Waals surface area contributed by atoms with E-state index in [1.54, 1.807) is 0 Å². The van der Waals surface area contributed by atoms with E-state index >= 15 is 0 Å². The van der Waals surface area contributed by atoms with Gasteiger partial charge in [-0.1, -0.05) is 13.8 Å². The molecule has 0 aromatic carbocycles. The van der Waals surface area contributed by atoms with Crippen molar-refractivity contribution < 1.29 is 18.3 Å². The maximum atomic E-state index is 13.8. The molecule has 0 bridgehead atoms. The summed E-state index contributed by atoms with van der Waals surface area (Å²) in [5.41, 5.74) is 5.58. The van der Waals surface area contributed by atoms with E-state index in [1.165, 1.54) is 12.3 Å². The number of anilines is 3. The minimum Gasteiger partial charge on any atom is -0.384 e. The Morgan fingerprint density at radius 2 is 1.56 bits per heavy atom. The summed E-state index contributed by atoms with van der Waals surface area (Å²) in [5, 5.41) is 0. The SMILES string of the molecule is CC[C@@H]1COCCN1c1nc(-c2cnc(N)cc2C(F)F)nc(N2CCOC[C@H]2CC)n1. The van der Waals surface area contributed by atoms with Crippen LogP contribution in [0.1, 0.15) is 38.7 Å². The van der Waals surface area contributed by atoms with Crippen LogP contribution in [0.3, 0.4) is 0 Å². The highest BCUT2D eigenvalue weighted by Crippen LogP contribution is 2.32. The van der Waals surface area contributed by atoms with E-state index in [0.29, 0.717) is 51.4 Å². The summed E-state index contributed by atoms with van der Waals surface area (Å²) in [7, 11) is 0. The zero-order valence-corrected chi connectivity index (χ0v) is 18.4. The Balaban J connectivity index is 1.84. The third-order valence-electron chi connectivity index (χ3n) is 5.96. The number of aromatic nitrogens is 4. The predicted molar refractivity (Wildman–Crippen MR) is 117 cm³/mol. The monoisotopic (exact) mass is 449 g/mol. The number of hydrogen-bond donors (Lipinski definition) is 1. The van der Waals surface area contributed by atoms with Gasteiger partial charge in [0.25, 0.3) is 6.43 Å². The minimum atomic E-state index is -2.74. The first-order valence-electron chi connectivity index (χ1n) is 11.0.